The van der Waals surface area contributed by atoms with Gasteiger partial charge in [0.2, 0.25) is 0 Å². The summed E-state index contributed by atoms with van der Waals surface area (Å²) in [5, 5.41) is 9.94. The minimum atomic E-state index is 0.800. The Labute approximate surface area is 127 Å². The Balaban J connectivity index is 2.10. The molecule has 0 spiro atoms. The largest absolute Gasteiger partial charge is 0.356 e. The molecule has 0 saturated carbocycles. The molecule has 1 rings (SSSR count). The minimum Gasteiger partial charge on any atom is -0.356 e. The van der Waals surface area contributed by atoms with Crippen molar-refractivity contribution >= 4 is 17.3 Å². The molecule has 0 radical (unpaired) electrons. The van der Waals surface area contributed by atoms with Crippen molar-refractivity contribution in [1.82, 2.24) is 15.6 Å². The van der Waals surface area contributed by atoms with Crippen LogP contribution in [0.4, 0.5) is 0 Å². The Bertz CT molecular complexity index is 398. The number of hydrogen-bond acceptors (Lipinski definition) is 3. The van der Waals surface area contributed by atoms with Crippen molar-refractivity contribution in [3.8, 4) is 0 Å². The Kier molecular flexibility index (Phi) is 8.26. The Hall–Kier alpha value is -1.10. The monoisotopic (exact) mass is 296 g/mol. The summed E-state index contributed by atoms with van der Waals surface area (Å²) in [5.41, 5.74) is 1.16. The number of thiazole rings is 1. The number of aryl methyl sites for hydroxylation is 1. The van der Waals surface area contributed by atoms with Gasteiger partial charge >= 0.3 is 0 Å². The number of guanidine groups is 1. The Morgan fingerprint density at radius 1 is 1.30 bits per heavy atom. The van der Waals surface area contributed by atoms with E-state index >= 15 is 0 Å². The summed E-state index contributed by atoms with van der Waals surface area (Å²) in [5.74, 6) is 1.69. The predicted molar refractivity (Wildman–Crippen MR) is 88.6 cm³/mol. The van der Waals surface area contributed by atoms with Crippen LogP contribution >= 0.6 is 11.3 Å². The molecule has 0 aromatic carbocycles. The van der Waals surface area contributed by atoms with Gasteiger partial charge in [0.05, 0.1) is 10.7 Å². The van der Waals surface area contributed by atoms with Gasteiger partial charge < -0.3 is 10.6 Å². The second kappa shape index (κ2) is 9.75. The molecular formula is C15H28N4S. The van der Waals surface area contributed by atoms with Gasteiger partial charge in [0.15, 0.2) is 5.96 Å². The number of nitrogens with zero attached hydrogens (tertiary/aromatic N) is 2. The van der Waals surface area contributed by atoms with E-state index in [4.69, 9.17) is 0 Å². The molecule has 20 heavy (non-hydrogen) atoms. The maximum absolute atomic E-state index is 4.45. The van der Waals surface area contributed by atoms with Gasteiger partial charge in [0.25, 0.3) is 0 Å². The maximum Gasteiger partial charge on any atom is 0.190 e. The zero-order chi connectivity index (χ0) is 14.8. The Morgan fingerprint density at radius 2 is 2.05 bits per heavy atom. The highest BCUT2D eigenvalue weighted by Crippen LogP contribution is 2.07. The second-order valence-electron chi connectivity index (χ2n) is 5.42. The first-order valence-corrected chi connectivity index (χ1v) is 8.35. The molecule has 0 unspecified atom stereocenters. The van der Waals surface area contributed by atoms with E-state index < -0.39 is 0 Å². The van der Waals surface area contributed by atoms with E-state index in [0.29, 0.717) is 0 Å². The van der Waals surface area contributed by atoms with Crippen LogP contribution in [0.15, 0.2) is 10.4 Å². The molecule has 0 aliphatic heterocycles. The molecule has 0 fully saturated rings. The van der Waals surface area contributed by atoms with Crippen LogP contribution < -0.4 is 10.6 Å². The Morgan fingerprint density at radius 3 is 2.65 bits per heavy atom. The molecule has 0 saturated heterocycles. The summed E-state index contributed by atoms with van der Waals surface area (Å²) in [6.45, 7) is 8.44. The fraction of sp³-hybridized carbons (Fsp3) is 0.733. The van der Waals surface area contributed by atoms with E-state index in [9.17, 15) is 0 Å². The van der Waals surface area contributed by atoms with E-state index in [0.717, 1.165) is 42.1 Å². The fourth-order valence-electron chi connectivity index (χ4n) is 1.94. The highest BCUT2D eigenvalue weighted by molar-refractivity contribution is 7.09. The van der Waals surface area contributed by atoms with Crippen LogP contribution in [-0.2, 0) is 6.42 Å². The minimum absolute atomic E-state index is 0.800. The molecule has 0 bridgehead atoms. The summed E-state index contributed by atoms with van der Waals surface area (Å²) >= 11 is 1.71. The zero-order valence-electron chi connectivity index (χ0n) is 13.2. The van der Waals surface area contributed by atoms with Gasteiger partial charge in [0.1, 0.15) is 0 Å². The van der Waals surface area contributed by atoms with Crippen LogP contribution in [0.5, 0.6) is 0 Å². The molecule has 5 heteroatoms. The molecule has 4 nitrogen and oxygen atoms in total. The van der Waals surface area contributed by atoms with Crippen molar-refractivity contribution in [2.75, 3.05) is 20.1 Å². The lowest BCUT2D eigenvalue weighted by molar-refractivity contribution is 0.534. The topological polar surface area (TPSA) is 49.3 Å². The first-order chi connectivity index (χ1) is 9.61. The van der Waals surface area contributed by atoms with Crippen LogP contribution in [-0.4, -0.2) is 31.1 Å². The van der Waals surface area contributed by atoms with E-state index in [2.05, 4.69) is 39.8 Å². The molecule has 0 atom stereocenters. The molecular weight excluding hydrogens is 268 g/mol. The van der Waals surface area contributed by atoms with Crippen molar-refractivity contribution in [2.24, 2.45) is 10.9 Å². The second-order valence-corrected chi connectivity index (χ2v) is 6.49. The summed E-state index contributed by atoms with van der Waals surface area (Å²) in [6, 6.07) is 0. The van der Waals surface area contributed by atoms with E-state index in [-0.39, 0.29) is 0 Å². The highest BCUT2D eigenvalue weighted by Gasteiger charge is 2.00. The van der Waals surface area contributed by atoms with Crippen molar-refractivity contribution < 1.29 is 0 Å². The third-order valence-electron chi connectivity index (χ3n) is 3.06. The van der Waals surface area contributed by atoms with Gasteiger partial charge in [-0.05, 0) is 19.3 Å². The summed E-state index contributed by atoms with van der Waals surface area (Å²) < 4.78 is 0. The number of aromatic nitrogens is 1. The van der Waals surface area contributed by atoms with Crippen molar-refractivity contribution in [2.45, 2.75) is 46.5 Å². The third kappa shape index (κ3) is 7.48. The van der Waals surface area contributed by atoms with Crippen molar-refractivity contribution in [3.63, 3.8) is 0 Å². The smallest absolute Gasteiger partial charge is 0.190 e. The first-order valence-electron chi connectivity index (χ1n) is 7.47. The molecule has 0 aliphatic rings. The lowest BCUT2D eigenvalue weighted by Crippen LogP contribution is -2.38. The third-order valence-corrected chi connectivity index (χ3v) is 3.89. The van der Waals surface area contributed by atoms with Gasteiger partial charge in [-0.25, -0.2) is 4.98 Å². The summed E-state index contributed by atoms with van der Waals surface area (Å²) in [7, 11) is 1.82. The van der Waals surface area contributed by atoms with Gasteiger partial charge in [-0.3, -0.25) is 4.99 Å². The molecule has 0 aliphatic carbocycles. The van der Waals surface area contributed by atoms with Gasteiger partial charge in [-0.15, -0.1) is 11.3 Å². The molecule has 0 amide bonds. The van der Waals surface area contributed by atoms with E-state index in [1.54, 1.807) is 11.3 Å². The lowest BCUT2D eigenvalue weighted by atomic mass is 10.1. The quantitative estimate of drug-likeness (QED) is 0.440. The SMILES string of the molecule is CN=C(NCCCCC(C)C)NCCc1csc(C)n1. The molecule has 1 aromatic rings. The van der Waals surface area contributed by atoms with E-state index in [1.165, 1.54) is 19.3 Å². The number of aliphatic imine (C=N–C) groups is 1. The first kappa shape index (κ1) is 17.0. The van der Waals surface area contributed by atoms with Crippen molar-refractivity contribution in [3.05, 3.63) is 16.1 Å². The van der Waals surface area contributed by atoms with Crippen LogP contribution in [0.25, 0.3) is 0 Å². The van der Waals surface area contributed by atoms with E-state index in [1.807, 2.05) is 14.0 Å². The average molecular weight is 296 g/mol. The number of unbranched alkanes of at least 4 members (excludes halogenated alkanes) is 1. The van der Waals surface area contributed by atoms with Crippen LogP contribution in [0.3, 0.4) is 0 Å². The summed E-state index contributed by atoms with van der Waals surface area (Å²) in [6.07, 6.45) is 4.72. The fourth-order valence-corrected chi connectivity index (χ4v) is 2.58. The molecule has 1 aromatic heterocycles. The molecule has 114 valence electrons. The number of nitrogens with one attached hydrogen (secondary N) is 2. The maximum atomic E-state index is 4.45. The van der Waals surface area contributed by atoms with Crippen LogP contribution in [0.1, 0.15) is 43.8 Å². The van der Waals surface area contributed by atoms with Crippen LogP contribution in [0.2, 0.25) is 0 Å². The van der Waals surface area contributed by atoms with Gasteiger partial charge in [0, 0.05) is 31.9 Å². The zero-order valence-corrected chi connectivity index (χ0v) is 14.0. The predicted octanol–water partition coefficient (Wildman–Crippen LogP) is 2.99. The highest BCUT2D eigenvalue weighted by atomic mass is 32.1. The average Bonchev–Trinajstić information content (AvgIpc) is 2.81. The number of hydrogen-bond donors (Lipinski definition) is 2. The van der Waals surface area contributed by atoms with Crippen molar-refractivity contribution in [1.29, 1.82) is 0 Å². The summed E-state index contributed by atoms with van der Waals surface area (Å²) in [4.78, 5) is 8.69. The van der Waals surface area contributed by atoms with Gasteiger partial charge in [-0.1, -0.05) is 26.7 Å². The molecule has 1 heterocycles. The lowest BCUT2D eigenvalue weighted by Gasteiger charge is -2.11. The van der Waals surface area contributed by atoms with Crippen LogP contribution in [0, 0.1) is 12.8 Å². The molecule has 2 N–H and O–H groups in total. The standard InChI is InChI=1S/C15H28N4S/c1-12(2)7-5-6-9-17-15(16-4)18-10-8-14-11-20-13(3)19-14/h11-12H,5-10H2,1-4H3,(H2,16,17,18). The normalized spacial score (nSPS) is 11.9. The number of rotatable bonds is 8. The van der Waals surface area contributed by atoms with Gasteiger partial charge in [-0.2, -0.15) is 0 Å².